The molecule has 1 amide bonds. The Hall–Kier alpha value is -1.52. The Kier molecular flexibility index (Phi) is 4.52. The Morgan fingerprint density at radius 2 is 2.33 bits per heavy atom. The highest BCUT2D eigenvalue weighted by Crippen LogP contribution is 1.92. The molecule has 0 aromatic rings. The molecule has 0 aliphatic rings. The van der Waals surface area contributed by atoms with Crippen molar-refractivity contribution in [3.8, 4) is 0 Å². The molecule has 0 aliphatic heterocycles. The summed E-state index contributed by atoms with van der Waals surface area (Å²) in [6.45, 7) is 3.44. The molecule has 0 atom stereocenters. The molecule has 5 heteroatoms. The Balaban J connectivity index is 4.26. The van der Waals surface area contributed by atoms with E-state index in [1.807, 2.05) is 0 Å². The van der Waals surface area contributed by atoms with Gasteiger partial charge in [0, 0.05) is 5.57 Å². The highest BCUT2D eigenvalue weighted by atomic mass is 16.5. The molecule has 0 spiro atoms. The zero-order chi connectivity index (χ0) is 9.56. The molecule has 68 valence electrons. The van der Waals surface area contributed by atoms with Gasteiger partial charge in [-0.05, 0) is 13.8 Å². The summed E-state index contributed by atoms with van der Waals surface area (Å²) in [5.41, 5.74) is 5.60. The van der Waals surface area contributed by atoms with Crippen LogP contribution in [0.2, 0.25) is 0 Å². The number of hydrogen-bond acceptors (Lipinski definition) is 3. The summed E-state index contributed by atoms with van der Waals surface area (Å²) in [6.07, 6.45) is 0.0223. The van der Waals surface area contributed by atoms with Gasteiger partial charge in [0.15, 0.2) is 0 Å². The van der Waals surface area contributed by atoms with E-state index in [2.05, 4.69) is 9.73 Å². The average molecular weight is 172 g/mol. The maximum atomic E-state index is 10.7. The summed E-state index contributed by atoms with van der Waals surface area (Å²) < 4.78 is 4.49. The van der Waals surface area contributed by atoms with Gasteiger partial charge in [-0.2, -0.15) is 4.99 Å². The zero-order valence-corrected chi connectivity index (χ0v) is 7.07. The highest BCUT2D eigenvalue weighted by molar-refractivity contribution is 6.01. The van der Waals surface area contributed by atoms with Crippen molar-refractivity contribution in [2.45, 2.75) is 13.8 Å². The standard InChI is InChI=1S/C7H12N2O3/c1-3-12-7(11)9-6(8)5(2)4-10/h4,10H,3H2,1-2H3,(H2,8,9,11)/b5-4+. The predicted molar refractivity (Wildman–Crippen MR) is 45.0 cm³/mol. The molecular weight excluding hydrogens is 160 g/mol. The molecule has 0 aromatic carbocycles. The van der Waals surface area contributed by atoms with Crippen LogP contribution in [-0.4, -0.2) is 23.6 Å². The van der Waals surface area contributed by atoms with Gasteiger partial charge in [0.1, 0.15) is 5.84 Å². The number of carbonyl (C=O) groups is 1. The molecule has 0 aromatic heterocycles. The van der Waals surface area contributed by atoms with Gasteiger partial charge in [-0.15, -0.1) is 0 Å². The maximum Gasteiger partial charge on any atom is 0.435 e. The van der Waals surface area contributed by atoms with Gasteiger partial charge in [0.25, 0.3) is 0 Å². The summed E-state index contributed by atoms with van der Waals surface area (Å²) in [6, 6.07) is 0. The van der Waals surface area contributed by atoms with Gasteiger partial charge in [-0.3, -0.25) is 0 Å². The van der Waals surface area contributed by atoms with Crippen molar-refractivity contribution in [2.75, 3.05) is 6.61 Å². The Labute approximate surface area is 70.5 Å². The quantitative estimate of drug-likeness (QED) is 0.369. The van der Waals surface area contributed by atoms with Crippen LogP contribution in [0.25, 0.3) is 0 Å². The van der Waals surface area contributed by atoms with Crippen LogP contribution >= 0.6 is 0 Å². The van der Waals surface area contributed by atoms with E-state index in [-0.39, 0.29) is 12.4 Å². The number of ether oxygens (including phenoxy) is 1. The van der Waals surface area contributed by atoms with E-state index in [1.54, 1.807) is 6.92 Å². The molecule has 12 heavy (non-hydrogen) atoms. The van der Waals surface area contributed by atoms with Gasteiger partial charge in [0.2, 0.25) is 0 Å². The van der Waals surface area contributed by atoms with Crippen molar-refractivity contribution in [2.24, 2.45) is 10.7 Å². The molecular formula is C7H12N2O3. The summed E-state index contributed by atoms with van der Waals surface area (Å²) in [4.78, 5) is 14.0. The molecule has 0 saturated heterocycles. The fourth-order valence-electron chi connectivity index (χ4n) is 0.408. The van der Waals surface area contributed by atoms with E-state index in [1.165, 1.54) is 6.92 Å². The molecule has 0 radical (unpaired) electrons. The summed E-state index contributed by atoms with van der Waals surface area (Å²) in [7, 11) is 0. The number of aliphatic hydroxyl groups is 1. The smallest absolute Gasteiger partial charge is 0.435 e. The minimum atomic E-state index is -0.754. The summed E-state index contributed by atoms with van der Waals surface area (Å²) >= 11 is 0. The van der Waals surface area contributed by atoms with Crippen LogP contribution in [0, 0.1) is 0 Å². The number of aliphatic imine (C=N–C) groups is 1. The number of rotatable bonds is 2. The second-order valence-electron chi connectivity index (χ2n) is 2.01. The SMILES string of the molecule is CCOC(=O)/N=C(N)/C(C)=C/O. The number of amides is 1. The first-order valence-corrected chi connectivity index (χ1v) is 3.44. The lowest BCUT2D eigenvalue weighted by Crippen LogP contribution is -2.16. The van der Waals surface area contributed by atoms with Crippen LogP contribution in [0.1, 0.15) is 13.8 Å². The van der Waals surface area contributed by atoms with Gasteiger partial charge < -0.3 is 15.6 Å². The molecule has 3 N–H and O–H groups in total. The largest absolute Gasteiger partial charge is 0.515 e. The molecule has 0 heterocycles. The number of nitrogens with two attached hydrogens (primary N) is 1. The number of hydrogen-bond donors (Lipinski definition) is 2. The third kappa shape index (κ3) is 3.60. The zero-order valence-electron chi connectivity index (χ0n) is 7.07. The average Bonchev–Trinajstić information content (AvgIpc) is 2.03. The van der Waals surface area contributed by atoms with E-state index in [0.29, 0.717) is 5.57 Å². The van der Waals surface area contributed by atoms with Crippen molar-refractivity contribution in [1.29, 1.82) is 0 Å². The van der Waals surface area contributed by atoms with E-state index < -0.39 is 6.09 Å². The highest BCUT2D eigenvalue weighted by Gasteiger charge is 2.01. The van der Waals surface area contributed by atoms with Crippen LogP contribution in [0.3, 0.4) is 0 Å². The number of nitrogens with zero attached hydrogens (tertiary/aromatic N) is 1. The first-order valence-electron chi connectivity index (χ1n) is 3.44. The Bertz CT molecular complexity index is 221. The van der Waals surface area contributed by atoms with Crippen molar-refractivity contribution in [1.82, 2.24) is 0 Å². The van der Waals surface area contributed by atoms with Crippen molar-refractivity contribution in [3.63, 3.8) is 0 Å². The first kappa shape index (κ1) is 10.5. The molecule has 0 saturated carbocycles. The molecule has 0 rings (SSSR count). The summed E-state index contributed by atoms with van der Waals surface area (Å²) in [5.74, 6) is -0.0454. The van der Waals surface area contributed by atoms with Crippen LogP contribution in [0.4, 0.5) is 4.79 Å². The minimum absolute atomic E-state index is 0.0454. The Morgan fingerprint density at radius 1 is 1.75 bits per heavy atom. The number of amidine groups is 1. The van der Waals surface area contributed by atoms with Crippen LogP contribution in [0.5, 0.6) is 0 Å². The van der Waals surface area contributed by atoms with E-state index in [9.17, 15) is 4.79 Å². The molecule has 0 bridgehead atoms. The predicted octanol–water partition coefficient (Wildman–Crippen LogP) is 0.962. The fourth-order valence-corrected chi connectivity index (χ4v) is 0.408. The van der Waals surface area contributed by atoms with Crippen molar-refractivity contribution in [3.05, 3.63) is 11.8 Å². The maximum absolute atomic E-state index is 10.7. The molecule has 0 aliphatic carbocycles. The lowest BCUT2D eigenvalue weighted by atomic mass is 10.3. The fraction of sp³-hybridized carbons (Fsp3) is 0.429. The second-order valence-corrected chi connectivity index (χ2v) is 2.01. The lowest BCUT2D eigenvalue weighted by Gasteiger charge is -1.98. The third-order valence-electron chi connectivity index (χ3n) is 1.08. The Morgan fingerprint density at radius 3 is 2.75 bits per heavy atom. The van der Waals surface area contributed by atoms with E-state index in [4.69, 9.17) is 10.8 Å². The second kappa shape index (κ2) is 5.17. The third-order valence-corrected chi connectivity index (χ3v) is 1.08. The lowest BCUT2D eigenvalue weighted by molar-refractivity contribution is 0.163. The van der Waals surface area contributed by atoms with Crippen LogP contribution in [0.15, 0.2) is 16.8 Å². The number of carbonyl (C=O) groups excluding carboxylic acids is 1. The van der Waals surface area contributed by atoms with Crippen molar-refractivity contribution >= 4 is 11.9 Å². The molecule has 5 nitrogen and oxygen atoms in total. The van der Waals surface area contributed by atoms with Crippen LogP contribution in [-0.2, 0) is 4.74 Å². The molecule has 0 fully saturated rings. The first-order chi connectivity index (χ1) is 5.61. The van der Waals surface area contributed by atoms with E-state index in [0.717, 1.165) is 6.26 Å². The monoisotopic (exact) mass is 172 g/mol. The molecule has 0 unspecified atom stereocenters. The number of aliphatic hydroxyl groups excluding tert-OH is 1. The van der Waals surface area contributed by atoms with Crippen LogP contribution < -0.4 is 5.73 Å². The summed E-state index contributed by atoms with van der Waals surface area (Å²) in [5, 5.41) is 8.47. The topological polar surface area (TPSA) is 84.9 Å². The van der Waals surface area contributed by atoms with E-state index >= 15 is 0 Å². The minimum Gasteiger partial charge on any atom is -0.515 e. The van der Waals surface area contributed by atoms with Gasteiger partial charge in [-0.25, -0.2) is 4.79 Å². The van der Waals surface area contributed by atoms with Crippen molar-refractivity contribution < 1.29 is 14.6 Å². The normalized spacial score (nSPS) is 12.8. The van der Waals surface area contributed by atoms with Gasteiger partial charge in [0.05, 0.1) is 12.9 Å². The van der Waals surface area contributed by atoms with Gasteiger partial charge in [-0.1, -0.05) is 0 Å². The van der Waals surface area contributed by atoms with Gasteiger partial charge >= 0.3 is 6.09 Å².